The summed E-state index contributed by atoms with van der Waals surface area (Å²) in [4.78, 5) is 8.90. The fourth-order valence-corrected chi connectivity index (χ4v) is 5.23. The van der Waals surface area contributed by atoms with Crippen LogP contribution >= 0.6 is 0 Å². The quantitative estimate of drug-likeness (QED) is 0.550. The van der Waals surface area contributed by atoms with Gasteiger partial charge in [0.1, 0.15) is 24.0 Å². The van der Waals surface area contributed by atoms with Crippen LogP contribution in [0.1, 0.15) is 50.7 Å². The summed E-state index contributed by atoms with van der Waals surface area (Å²) >= 11 is 0. The van der Waals surface area contributed by atoms with Gasteiger partial charge in [-0.1, -0.05) is 25.0 Å². The van der Waals surface area contributed by atoms with Crippen LogP contribution in [0.3, 0.4) is 0 Å². The molecule has 4 rings (SSSR count). The Bertz CT molecular complexity index is 1110. The minimum Gasteiger partial charge on any atom is -0.490 e. The van der Waals surface area contributed by atoms with Crippen molar-refractivity contribution in [3.05, 3.63) is 41.6 Å². The van der Waals surface area contributed by atoms with Crippen molar-refractivity contribution in [1.29, 1.82) is 0 Å². The number of ether oxygens (including phenoxy) is 1. The number of nitrogens with two attached hydrogens (primary N) is 1. The molecule has 1 saturated carbocycles. The number of amidine groups is 1. The highest BCUT2D eigenvalue weighted by molar-refractivity contribution is 7.89. The zero-order valence-corrected chi connectivity index (χ0v) is 19.3. The van der Waals surface area contributed by atoms with Crippen molar-refractivity contribution in [2.24, 2.45) is 16.0 Å². The molecular formula is C22H30N6O3S. The van der Waals surface area contributed by atoms with Gasteiger partial charge in [0, 0.05) is 12.7 Å². The molecule has 0 saturated heterocycles. The van der Waals surface area contributed by atoms with Crippen LogP contribution in [-0.2, 0) is 15.8 Å². The Kier molecular flexibility index (Phi) is 6.23. The van der Waals surface area contributed by atoms with E-state index in [1.54, 1.807) is 24.4 Å². The van der Waals surface area contributed by atoms with E-state index in [1.165, 1.54) is 25.7 Å². The molecular weight excluding hydrogens is 428 g/mol. The second-order valence-electron chi connectivity index (χ2n) is 9.09. The average Bonchev–Trinajstić information content (AvgIpc) is 3.23. The molecule has 1 aromatic heterocycles. The second kappa shape index (κ2) is 8.93. The van der Waals surface area contributed by atoms with E-state index >= 15 is 0 Å². The number of aromatic nitrogens is 2. The van der Waals surface area contributed by atoms with Crippen molar-refractivity contribution in [2.75, 3.05) is 23.8 Å². The minimum atomic E-state index is -3.59. The topological polar surface area (TPSA) is 132 Å². The molecule has 10 heteroatoms. The molecule has 2 heterocycles. The van der Waals surface area contributed by atoms with Gasteiger partial charge in [-0.15, -0.1) is 4.40 Å². The molecule has 0 amide bonds. The fourth-order valence-electron chi connectivity index (χ4n) is 4.14. The van der Waals surface area contributed by atoms with Gasteiger partial charge in [-0.3, -0.25) is 0 Å². The summed E-state index contributed by atoms with van der Waals surface area (Å²) in [5, 5.41) is 6.73. The molecule has 32 heavy (non-hydrogen) atoms. The van der Waals surface area contributed by atoms with Crippen molar-refractivity contribution in [3.8, 4) is 5.75 Å². The number of hydrogen-bond acceptors (Lipinski definition) is 8. The molecule has 0 unspecified atom stereocenters. The first kappa shape index (κ1) is 22.3. The maximum atomic E-state index is 11.9. The molecule has 172 valence electrons. The van der Waals surface area contributed by atoms with E-state index in [1.807, 2.05) is 19.9 Å². The highest BCUT2D eigenvalue weighted by atomic mass is 32.2. The highest BCUT2D eigenvalue weighted by Crippen LogP contribution is 2.29. The van der Waals surface area contributed by atoms with Crippen molar-refractivity contribution in [3.63, 3.8) is 0 Å². The number of nitrogens with one attached hydrogen (secondary N) is 2. The minimum absolute atomic E-state index is 0.0404. The average molecular weight is 459 g/mol. The third-order valence-electron chi connectivity index (χ3n) is 5.68. The number of hydrogen-bond donors (Lipinski definition) is 3. The fraction of sp³-hybridized carbons (Fsp3) is 0.500. The van der Waals surface area contributed by atoms with Crippen LogP contribution in [-0.4, -0.2) is 42.9 Å². The predicted octanol–water partition coefficient (Wildman–Crippen LogP) is 2.90. The first-order valence-electron chi connectivity index (χ1n) is 10.9. The van der Waals surface area contributed by atoms with E-state index in [0.29, 0.717) is 41.2 Å². The van der Waals surface area contributed by atoms with Gasteiger partial charge in [-0.2, -0.15) is 4.98 Å². The lowest BCUT2D eigenvalue weighted by Crippen LogP contribution is -2.38. The Balaban J connectivity index is 1.40. The summed E-state index contributed by atoms with van der Waals surface area (Å²) in [6, 6.07) is 7.08. The van der Waals surface area contributed by atoms with E-state index in [2.05, 4.69) is 25.0 Å². The summed E-state index contributed by atoms with van der Waals surface area (Å²) in [5.74, 6) is 2.30. The number of sulfonamides is 1. The molecule has 4 N–H and O–H groups in total. The normalized spacial score (nSPS) is 18.0. The molecule has 2 aromatic rings. The molecule has 2 aliphatic rings. The maximum Gasteiger partial charge on any atom is 0.259 e. The van der Waals surface area contributed by atoms with Crippen LogP contribution in [0.15, 0.2) is 34.9 Å². The van der Waals surface area contributed by atoms with Gasteiger partial charge < -0.3 is 21.1 Å². The van der Waals surface area contributed by atoms with Gasteiger partial charge in [0.2, 0.25) is 5.95 Å². The second-order valence-corrected chi connectivity index (χ2v) is 10.7. The van der Waals surface area contributed by atoms with E-state index in [-0.39, 0.29) is 11.6 Å². The van der Waals surface area contributed by atoms with Gasteiger partial charge in [-0.05, 0) is 50.3 Å². The van der Waals surface area contributed by atoms with E-state index in [9.17, 15) is 8.42 Å². The zero-order chi connectivity index (χ0) is 22.8. The summed E-state index contributed by atoms with van der Waals surface area (Å²) in [5.41, 5.74) is 6.59. The molecule has 1 aliphatic carbocycles. The molecule has 0 atom stereocenters. The Hall–Kier alpha value is -2.88. The number of rotatable bonds is 8. The van der Waals surface area contributed by atoms with Crippen LogP contribution in [0.25, 0.3) is 0 Å². The van der Waals surface area contributed by atoms with Gasteiger partial charge >= 0.3 is 0 Å². The van der Waals surface area contributed by atoms with E-state index in [0.717, 1.165) is 6.54 Å². The van der Waals surface area contributed by atoms with E-state index < -0.39 is 15.6 Å². The van der Waals surface area contributed by atoms with Gasteiger partial charge in [-0.25, -0.2) is 13.4 Å². The monoisotopic (exact) mass is 458 g/mol. The van der Waals surface area contributed by atoms with Crippen molar-refractivity contribution in [1.82, 2.24) is 9.97 Å². The first-order chi connectivity index (χ1) is 15.2. The lowest BCUT2D eigenvalue weighted by atomic mass is 10.1. The van der Waals surface area contributed by atoms with Gasteiger partial charge in [0.05, 0.1) is 16.9 Å². The van der Waals surface area contributed by atoms with Crippen molar-refractivity contribution in [2.45, 2.75) is 50.8 Å². The molecule has 0 bridgehead atoms. The van der Waals surface area contributed by atoms with Gasteiger partial charge in [0.25, 0.3) is 10.0 Å². The molecule has 1 fully saturated rings. The standard InChI is InChI=1S/C22H30N6O3S/c1-22(2,27-18-10-11-24-21(26-18)25-12-15-6-3-4-7-15)14-31-17-9-5-8-16-13-32(29,30)28-20(23)19(16)17/h5,8-11,15H,3-4,6-7,12-14H2,1-2H3,(H2,23,28)(H2,24,25,26,27). The maximum absolute atomic E-state index is 11.9. The molecule has 9 nitrogen and oxygen atoms in total. The zero-order valence-electron chi connectivity index (χ0n) is 18.5. The Morgan fingerprint density at radius 1 is 1.22 bits per heavy atom. The van der Waals surface area contributed by atoms with Crippen LogP contribution < -0.4 is 21.1 Å². The summed E-state index contributed by atoms with van der Waals surface area (Å²) in [6.45, 7) is 5.20. The third-order valence-corrected chi connectivity index (χ3v) is 6.83. The Morgan fingerprint density at radius 3 is 2.78 bits per heavy atom. The molecule has 1 aromatic carbocycles. The predicted molar refractivity (Wildman–Crippen MR) is 125 cm³/mol. The summed E-state index contributed by atoms with van der Waals surface area (Å²) in [7, 11) is -3.59. The van der Waals surface area contributed by atoms with Gasteiger partial charge in [0.15, 0.2) is 0 Å². The summed E-state index contributed by atoms with van der Waals surface area (Å²) < 4.78 is 33.4. The number of nitrogens with zero attached hydrogens (tertiary/aromatic N) is 3. The van der Waals surface area contributed by atoms with E-state index in [4.69, 9.17) is 10.5 Å². The third kappa shape index (κ3) is 5.48. The highest BCUT2D eigenvalue weighted by Gasteiger charge is 2.27. The number of fused-ring (bicyclic) bond motifs is 1. The molecule has 0 spiro atoms. The largest absolute Gasteiger partial charge is 0.490 e. The number of anilines is 2. The molecule has 0 radical (unpaired) electrons. The van der Waals surface area contributed by atoms with Crippen LogP contribution in [0, 0.1) is 5.92 Å². The van der Waals surface area contributed by atoms with Crippen LogP contribution in [0.4, 0.5) is 11.8 Å². The number of benzene rings is 1. The first-order valence-corrected chi connectivity index (χ1v) is 12.5. The van der Waals surface area contributed by atoms with Crippen LogP contribution in [0.2, 0.25) is 0 Å². The molecule has 1 aliphatic heterocycles. The van der Waals surface area contributed by atoms with Crippen molar-refractivity contribution < 1.29 is 13.2 Å². The smallest absolute Gasteiger partial charge is 0.259 e. The van der Waals surface area contributed by atoms with Crippen molar-refractivity contribution >= 4 is 27.6 Å². The lowest BCUT2D eigenvalue weighted by Gasteiger charge is -2.28. The SMILES string of the molecule is CC(C)(COc1cccc2c1C(N)=NS(=O)(=O)C2)Nc1ccnc(NCC2CCCC2)n1. The Labute approximate surface area is 189 Å². The Morgan fingerprint density at radius 2 is 2.00 bits per heavy atom. The lowest BCUT2D eigenvalue weighted by molar-refractivity contribution is 0.255. The summed E-state index contributed by atoms with van der Waals surface area (Å²) in [6.07, 6.45) is 6.87. The van der Waals surface area contributed by atoms with Crippen LogP contribution in [0.5, 0.6) is 5.75 Å².